The summed E-state index contributed by atoms with van der Waals surface area (Å²) in [5.74, 6) is 1.52. The van der Waals surface area contributed by atoms with Crippen LogP contribution in [-0.4, -0.2) is 39.3 Å². The summed E-state index contributed by atoms with van der Waals surface area (Å²) in [7, 11) is 7.56. The molecule has 0 aliphatic carbocycles. The molecule has 0 saturated carbocycles. The van der Waals surface area contributed by atoms with Crippen LogP contribution in [0.1, 0.15) is 12.5 Å². The Morgan fingerprint density at radius 2 is 1.70 bits per heavy atom. The third-order valence-corrected chi connectivity index (χ3v) is 5.06. The van der Waals surface area contributed by atoms with Crippen molar-refractivity contribution in [1.82, 2.24) is 4.90 Å². The van der Waals surface area contributed by atoms with Gasteiger partial charge >= 0.3 is 0 Å². The first-order chi connectivity index (χ1) is 11.0. The van der Waals surface area contributed by atoms with E-state index in [1.165, 1.54) is 10.5 Å². The average molecular weight is 331 g/mol. The number of ether oxygens (including phenoxy) is 2. The lowest BCUT2D eigenvalue weighted by Gasteiger charge is -2.21. The fraction of sp³-hybridized carbons (Fsp3) is 0.368. The summed E-state index contributed by atoms with van der Waals surface area (Å²) >= 11 is 1.76. The van der Waals surface area contributed by atoms with E-state index in [1.54, 1.807) is 26.0 Å². The lowest BCUT2D eigenvalue weighted by molar-refractivity contribution is 0.311. The van der Waals surface area contributed by atoms with Crippen LogP contribution in [-0.2, 0) is 6.42 Å². The van der Waals surface area contributed by atoms with E-state index in [1.807, 2.05) is 12.1 Å². The van der Waals surface area contributed by atoms with Gasteiger partial charge in [0.05, 0.1) is 14.2 Å². The second-order valence-corrected chi connectivity index (χ2v) is 6.86. The largest absolute Gasteiger partial charge is 0.493 e. The highest BCUT2D eigenvalue weighted by Gasteiger charge is 2.11. The summed E-state index contributed by atoms with van der Waals surface area (Å²) in [6.45, 7) is 2.25. The van der Waals surface area contributed by atoms with Crippen molar-refractivity contribution in [2.45, 2.75) is 29.2 Å². The van der Waals surface area contributed by atoms with Crippen molar-refractivity contribution in [3.63, 3.8) is 0 Å². The monoisotopic (exact) mass is 331 g/mol. The molecule has 124 valence electrons. The topological polar surface area (TPSA) is 21.7 Å². The SMILES string of the molecule is COc1ccc(Sc2ccccc2C[C@H](C)N(C)C)cc1OC. The van der Waals surface area contributed by atoms with Gasteiger partial charge in [-0.15, -0.1) is 0 Å². The van der Waals surface area contributed by atoms with E-state index >= 15 is 0 Å². The Morgan fingerprint density at radius 1 is 1.00 bits per heavy atom. The average Bonchev–Trinajstić information content (AvgIpc) is 2.56. The molecule has 0 bridgehead atoms. The van der Waals surface area contributed by atoms with Gasteiger partial charge in [-0.2, -0.15) is 0 Å². The van der Waals surface area contributed by atoms with Crippen LogP contribution in [0.25, 0.3) is 0 Å². The lowest BCUT2D eigenvalue weighted by Crippen LogP contribution is -2.26. The maximum atomic E-state index is 5.40. The Hall–Kier alpha value is -1.65. The van der Waals surface area contributed by atoms with Gasteiger partial charge in [-0.1, -0.05) is 30.0 Å². The second kappa shape index (κ2) is 8.27. The number of likely N-dealkylation sites (N-methyl/N-ethyl adjacent to an activating group) is 1. The number of benzene rings is 2. The molecule has 0 aromatic heterocycles. The van der Waals surface area contributed by atoms with E-state index in [0.29, 0.717) is 6.04 Å². The molecule has 4 heteroatoms. The molecular weight excluding hydrogens is 306 g/mol. The molecule has 0 saturated heterocycles. The van der Waals surface area contributed by atoms with Crippen LogP contribution in [0.4, 0.5) is 0 Å². The molecule has 0 heterocycles. The Morgan fingerprint density at radius 3 is 2.35 bits per heavy atom. The molecule has 1 atom stereocenters. The minimum absolute atomic E-state index is 0.502. The van der Waals surface area contributed by atoms with Gasteiger partial charge in [-0.25, -0.2) is 0 Å². The Labute approximate surface area is 143 Å². The molecule has 0 N–H and O–H groups in total. The molecule has 2 aromatic carbocycles. The molecule has 0 unspecified atom stereocenters. The highest BCUT2D eigenvalue weighted by molar-refractivity contribution is 7.99. The molecule has 0 radical (unpaired) electrons. The Kier molecular flexibility index (Phi) is 6.37. The van der Waals surface area contributed by atoms with Gasteiger partial charge in [0, 0.05) is 15.8 Å². The van der Waals surface area contributed by atoms with Crippen LogP contribution < -0.4 is 9.47 Å². The van der Waals surface area contributed by atoms with Crippen LogP contribution in [0.15, 0.2) is 52.3 Å². The molecular formula is C19H25NO2S. The third-order valence-electron chi connectivity index (χ3n) is 3.95. The first kappa shape index (κ1) is 17.7. The van der Waals surface area contributed by atoms with Gasteiger partial charge in [-0.05, 0) is 57.3 Å². The maximum absolute atomic E-state index is 5.40. The molecule has 0 aliphatic heterocycles. The highest BCUT2D eigenvalue weighted by Crippen LogP contribution is 2.36. The zero-order valence-electron chi connectivity index (χ0n) is 14.5. The first-order valence-electron chi connectivity index (χ1n) is 7.69. The number of hydrogen-bond acceptors (Lipinski definition) is 4. The van der Waals surface area contributed by atoms with E-state index in [9.17, 15) is 0 Å². The van der Waals surface area contributed by atoms with Crippen LogP contribution in [0.3, 0.4) is 0 Å². The fourth-order valence-corrected chi connectivity index (χ4v) is 3.26. The van der Waals surface area contributed by atoms with Gasteiger partial charge in [0.2, 0.25) is 0 Å². The molecule has 2 rings (SSSR count). The zero-order valence-corrected chi connectivity index (χ0v) is 15.3. The van der Waals surface area contributed by atoms with Crippen molar-refractivity contribution in [1.29, 1.82) is 0 Å². The standard InChI is InChI=1S/C19H25NO2S/c1-14(20(2)3)12-15-8-6-7-9-19(15)23-16-10-11-17(21-4)18(13-16)22-5/h6-11,13-14H,12H2,1-5H3/t14-/m0/s1. The molecule has 0 aliphatic rings. The van der Waals surface area contributed by atoms with E-state index in [-0.39, 0.29) is 0 Å². The van der Waals surface area contributed by atoms with E-state index in [4.69, 9.17) is 9.47 Å². The normalized spacial score (nSPS) is 12.3. The minimum Gasteiger partial charge on any atom is -0.493 e. The van der Waals surface area contributed by atoms with Crippen molar-refractivity contribution in [2.24, 2.45) is 0 Å². The summed E-state index contributed by atoms with van der Waals surface area (Å²) in [4.78, 5) is 4.68. The van der Waals surface area contributed by atoms with Crippen molar-refractivity contribution in [3.05, 3.63) is 48.0 Å². The summed E-state index contributed by atoms with van der Waals surface area (Å²) in [5, 5.41) is 0. The van der Waals surface area contributed by atoms with E-state index in [0.717, 1.165) is 22.8 Å². The number of nitrogens with zero attached hydrogens (tertiary/aromatic N) is 1. The number of methoxy groups -OCH3 is 2. The highest BCUT2D eigenvalue weighted by atomic mass is 32.2. The van der Waals surface area contributed by atoms with Crippen molar-refractivity contribution in [3.8, 4) is 11.5 Å². The van der Waals surface area contributed by atoms with Gasteiger partial charge in [0.1, 0.15) is 0 Å². The predicted octanol–water partition coefficient (Wildman–Crippen LogP) is 4.35. The predicted molar refractivity (Wildman–Crippen MR) is 97.0 cm³/mol. The van der Waals surface area contributed by atoms with E-state index in [2.05, 4.69) is 56.3 Å². The molecule has 0 amide bonds. The Bertz CT molecular complexity index is 643. The Balaban J connectivity index is 2.23. The minimum atomic E-state index is 0.502. The van der Waals surface area contributed by atoms with Crippen molar-refractivity contribution < 1.29 is 9.47 Å². The zero-order chi connectivity index (χ0) is 16.8. The molecule has 23 heavy (non-hydrogen) atoms. The van der Waals surface area contributed by atoms with Crippen LogP contribution in [0, 0.1) is 0 Å². The summed E-state index contributed by atoms with van der Waals surface area (Å²) < 4.78 is 10.7. The molecule has 3 nitrogen and oxygen atoms in total. The van der Waals surface area contributed by atoms with Gasteiger partial charge < -0.3 is 14.4 Å². The van der Waals surface area contributed by atoms with Gasteiger partial charge in [0.15, 0.2) is 11.5 Å². The smallest absolute Gasteiger partial charge is 0.161 e. The van der Waals surface area contributed by atoms with Crippen molar-refractivity contribution >= 4 is 11.8 Å². The second-order valence-electron chi connectivity index (χ2n) is 5.74. The molecule has 0 spiro atoms. The van der Waals surface area contributed by atoms with Gasteiger partial charge in [-0.3, -0.25) is 0 Å². The quantitative estimate of drug-likeness (QED) is 0.752. The lowest BCUT2D eigenvalue weighted by atomic mass is 10.1. The first-order valence-corrected chi connectivity index (χ1v) is 8.51. The van der Waals surface area contributed by atoms with Crippen molar-refractivity contribution in [2.75, 3.05) is 28.3 Å². The number of hydrogen-bond donors (Lipinski definition) is 0. The van der Waals surface area contributed by atoms with Crippen LogP contribution in [0.5, 0.6) is 11.5 Å². The van der Waals surface area contributed by atoms with Crippen LogP contribution in [0.2, 0.25) is 0 Å². The number of rotatable bonds is 7. The molecule has 2 aromatic rings. The summed E-state index contributed by atoms with van der Waals surface area (Å²) in [6.07, 6.45) is 1.03. The molecule has 0 fully saturated rings. The fourth-order valence-electron chi connectivity index (χ4n) is 2.28. The van der Waals surface area contributed by atoms with Crippen LogP contribution >= 0.6 is 11.8 Å². The third kappa shape index (κ3) is 4.66. The van der Waals surface area contributed by atoms with E-state index < -0.39 is 0 Å². The maximum Gasteiger partial charge on any atom is 0.161 e. The summed E-state index contributed by atoms with van der Waals surface area (Å²) in [5.41, 5.74) is 1.37. The summed E-state index contributed by atoms with van der Waals surface area (Å²) in [6, 6.07) is 15.1. The van der Waals surface area contributed by atoms with Gasteiger partial charge in [0.25, 0.3) is 0 Å².